The molecule has 3 heterocycles. The second-order valence-corrected chi connectivity index (χ2v) is 12.4. The van der Waals surface area contributed by atoms with Crippen molar-refractivity contribution in [3.05, 3.63) is 77.1 Å². The molecule has 4 aliphatic rings. The van der Waals surface area contributed by atoms with Crippen LogP contribution in [0.4, 0.5) is 10.1 Å². The van der Waals surface area contributed by atoms with Crippen molar-refractivity contribution in [3.8, 4) is 0 Å². The number of nitrogens with zero attached hydrogens (tertiary/aromatic N) is 1. The third-order valence-corrected chi connectivity index (χ3v) is 10.1. The molecule has 9 heteroatoms. The van der Waals surface area contributed by atoms with Gasteiger partial charge in [-0.25, -0.2) is 4.39 Å². The standard InChI is InChI=1S/C32H35ClFN3O4/c1-17-8-7-11-24(18(17)2)36-30(39)28-32-15-14-25(41-32)26(29(38)35-21-12-13-23(34)22(33)16-21)27(32)31(40)37(28)19(3)20-9-5-4-6-10-20/h4-6,9-10,12-19,24-28H,7-8,11H2,1-3H3,(H,35,38)(H,36,39)/t17-,18-,19-,24+,25-,26-,27-,28+,32+/m1/s1. The van der Waals surface area contributed by atoms with Crippen LogP contribution in [0.5, 0.6) is 0 Å². The summed E-state index contributed by atoms with van der Waals surface area (Å²) in [6.45, 7) is 6.28. The van der Waals surface area contributed by atoms with Gasteiger partial charge in [0.15, 0.2) is 0 Å². The number of amides is 3. The predicted molar refractivity (Wildman–Crippen MR) is 153 cm³/mol. The number of carbonyl (C=O) groups is 3. The number of carbonyl (C=O) groups excluding carboxylic acids is 3. The first-order chi connectivity index (χ1) is 19.6. The predicted octanol–water partition coefficient (Wildman–Crippen LogP) is 5.27. The Morgan fingerprint density at radius 1 is 1.12 bits per heavy atom. The SMILES string of the molecule is C[C@@H]1[C@H](C)CCC[C@@H]1NC(=O)[C@@H]1N([C@H](C)c2ccccc2)C(=O)[C@H]2[C@H](C(=O)Nc3ccc(F)c(Cl)c3)[C@H]3C=C[C@@]12O3. The summed E-state index contributed by atoms with van der Waals surface area (Å²) in [6.07, 6.45) is 5.97. The van der Waals surface area contributed by atoms with Crippen LogP contribution in [-0.4, -0.2) is 46.4 Å². The van der Waals surface area contributed by atoms with Crippen LogP contribution in [0.3, 0.4) is 0 Å². The fourth-order valence-corrected chi connectivity index (χ4v) is 7.54. The highest BCUT2D eigenvalue weighted by molar-refractivity contribution is 6.31. The van der Waals surface area contributed by atoms with Crippen molar-refractivity contribution in [1.29, 1.82) is 0 Å². The molecule has 2 aromatic carbocycles. The molecule has 6 rings (SSSR count). The number of likely N-dealkylation sites (tertiary alicyclic amines) is 1. The van der Waals surface area contributed by atoms with E-state index in [1.807, 2.05) is 43.3 Å². The Morgan fingerprint density at radius 2 is 1.88 bits per heavy atom. The van der Waals surface area contributed by atoms with Crippen molar-refractivity contribution in [1.82, 2.24) is 10.2 Å². The Morgan fingerprint density at radius 3 is 2.61 bits per heavy atom. The largest absolute Gasteiger partial charge is 0.359 e. The van der Waals surface area contributed by atoms with Crippen LogP contribution < -0.4 is 10.6 Å². The topological polar surface area (TPSA) is 87.7 Å². The minimum atomic E-state index is -1.28. The van der Waals surface area contributed by atoms with Gasteiger partial charge < -0.3 is 20.3 Å². The summed E-state index contributed by atoms with van der Waals surface area (Å²) in [5, 5.41) is 5.95. The molecule has 0 radical (unpaired) electrons. The van der Waals surface area contributed by atoms with Gasteiger partial charge in [0, 0.05) is 11.7 Å². The van der Waals surface area contributed by atoms with Crippen LogP contribution >= 0.6 is 11.6 Å². The first-order valence-corrected chi connectivity index (χ1v) is 14.8. The fraction of sp³-hybridized carbons (Fsp3) is 0.469. The third kappa shape index (κ3) is 4.56. The van der Waals surface area contributed by atoms with E-state index in [0.29, 0.717) is 17.5 Å². The number of nitrogens with one attached hydrogen (secondary N) is 2. The average molecular weight is 580 g/mol. The van der Waals surface area contributed by atoms with Crippen LogP contribution in [0, 0.1) is 29.5 Å². The lowest BCUT2D eigenvalue weighted by atomic mass is 9.73. The Kier molecular flexibility index (Phi) is 7.19. The van der Waals surface area contributed by atoms with Gasteiger partial charge in [-0.15, -0.1) is 0 Å². The highest BCUT2D eigenvalue weighted by atomic mass is 35.5. The second kappa shape index (κ2) is 10.6. The molecule has 3 aliphatic heterocycles. The lowest BCUT2D eigenvalue weighted by molar-refractivity contribution is -0.144. The summed E-state index contributed by atoms with van der Waals surface area (Å²) in [5.41, 5.74) is -0.0760. The van der Waals surface area contributed by atoms with Gasteiger partial charge >= 0.3 is 0 Å². The molecule has 3 fully saturated rings. The van der Waals surface area contributed by atoms with Crippen LogP contribution in [0.1, 0.15) is 51.6 Å². The number of benzene rings is 2. The van der Waals surface area contributed by atoms with E-state index in [-0.39, 0.29) is 22.9 Å². The van der Waals surface area contributed by atoms with Gasteiger partial charge in [-0.1, -0.05) is 80.8 Å². The smallest absolute Gasteiger partial charge is 0.246 e. The lowest BCUT2D eigenvalue weighted by Crippen LogP contribution is -2.58. The number of hydrogen-bond acceptors (Lipinski definition) is 4. The zero-order chi connectivity index (χ0) is 29.1. The first kappa shape index (κ1) is 27.9. The van der Waals surface area contributed by atoms with E-state index in [0.717, 1.165) is 24.8 Å². The van der Waals surface area contributed by atoms with Crippen molar-refractivity contribution < 1.29 is 23.5 Å². The molecule has 3 amide bonds. The van der Waals surface area contributed by atoms with Gasteiger partial charge in [-0.3, -0.25) is 14.4 Å². The molecule has 1 aliphatic carbocycles. The van der Waals surface area contributed by atoms with E-state index in [1.165, 1.54) is 18.2 Å². The van der Waals surface area contributed by atoms with Crippen molar-refractivity contribution in [3.63, 3.8) is 0 Å². The molecule has 1 saturated carbocycles. The Bertz CT molecular complexity index is 1400. The van der Waals surface area contributed by atoms with Gasteiger partial charge in [0.25, 0.3) is 0 Å². The molecule has 2 aromatic rings. The summed E-state index contributed by atoms with van der Waals surface area (Å²) >= 11 is 5.93. The highest BCUT2D eigenvalue weighted by Gasteiger charge is 2.73. The molecule has 2 N–H and O–H groups in total. The number of ether oxygens (including phenoxy) is 1. The van der Waals surface area contributed by atoms with E-state index in [9.17, 15) is 18.8 Å². The van der Waals surface area contributed by atoms with E-state index in [4.69, 9.17) is 16.3 Å². The maximum absolute atomic E-state index is 14.4. The second-order valence-electron chi connectivity index (χ2n) is 12.0. The van der Waals surface area contributed by atoms with Gasteiger partial charge in [-0.05, 0) is 48.9 Å². The molecule has 0 aromatic heterocycles. The van der Waals surface area contributed by atoms with E-state index in [2.05, 4.69) is 24.5 Å². The molecule has 0 unspecified atom stereocenters. The normalized spacial score (nSPS) is 34.4. The zero-order valence-electron chi connectivity index (χ0n) is 23.3. The molecule has 216 valence electrons. The molecular formula is C32H35ClFN3O4. The monoisotopic (exact) mass is 579 g/mol. The van der Waals surface area contributed by atoms with E-state index in [1.54, 1.807) is 11.0 Å². The minimum absolute atomic E-state index is 0.00409. The molecule has 7 nitrogen and oxygen atoms in total. The summed E-state index contributed by atoms with van der Waals surface area (Å²) in [6, 6.07) is 12.1. The number of halogens is 2. The summed E-state index contributed by atoms with van der Waals surface area (Å²) in [5.74, 6) is -2.56. The van der Waals surface area contributed by atoms with Crippen molar-refractivity contribution in [2.45, 2.75) is 69.9 Å². The zero-order valence-corrected chi connectivity index (χ0v) is 24.1. The number of fused-ring (bicyclic) bond motifs is 1. The van der Waals surface area contributed by atoms with Crippen LogP contribution in [-0.2, 0) is 19.1 Å². The Labute approximate surface area is 244 Å². The Hall–Kier alpha value is -3.23. The van der Waals surface area contributed by atoms with Crippen LogP contribution in [0.2, 0.25) is 5.02 Å². The molecule has 41 heavy (non-hydrogen) atoms. The molecular weight excluding hydrogens is 545 g/mol. The summed E-state index contributed by atoms with van der Waals surface area (Å²) in [4.78, 5) is 43.9. The van der Waals surface area contributed by atoms with Crippen molar-refractivity contribution >= 4 is 35.0 Å². The Balaban J connectivity index is 1.35. The van der Waals surface area contributed by atoms with Gasteiger partial charge in [0.2, 0.25) is 17.7 Å². The molecule has 9 atom stereocenters. The lowest BCUT2D eigenvalue weighted by Gasteiger charge is -2.39. The number of hydrogen-bond donors (Lipinski definition) is 2. The molecule has 2 bridgehead atoms. The summed E-state index contributed by atoms with van der Waals surface area (Å²) in [7, 11) is 0. The van der Waals surface area contributed by atoms with E-state index >= 15 is 0 Å². The molecule has 2 saturated heterocycles. The maximum Gasteiger partial charge on any atom is 0.246 e. The first-order valence-electron chi connectivity index (χ1n) is 14.4. The quantitative estimate of drug-likeness (QED) is 0.457. The van der Waals surface area contributed by atoms with E-state index < -0.39 is 47.3 Å². The van der Waals surface area contributed by atoms with Crippen molar-refractivity contribution in [2.75, 3.05) is 5.32 Å². The number of anilines is 1. The summed E-state index contributed by atoms with van der Waals surface area (Å²) < 4.78 is 20.2. The van der Waals surface area contributed by atoms with Crippen LogP contribution in [0.25, 0.3) is 0 Å². The van der Waals surface area contributed by atoms with Gasteiger partial charge in [-0.2, -0.15) is 0 Å². The third-order valence-electron chi connectivity index (χ3n) is 9.78. The maximum atomic E-state index is 14.4. The number of rotatable bonds is 6. The minimum Gasteiger partial charge on any atom is -0.359 e. The van der Waals surface area contributed by atoms with Crippen molar-refractivity contribution in [2.24, 2.45) is 23.7 Å². The molecule has 1 spiro atoms. The highest BCUT2D eigenvalue weighted by Crippen LogP contribution is 2.57. The van der Waals surface area contributed by atoms with Gasteiger partial charge in [0.05, 0.1) is 29.0 Å². The van der Waals surface area contributed by atoms with Crippen LogP contribution in [0.15, 0.2) is 60.7 Å². The van der Waals surface area contributed by atoms with Gasteiger partial charge in [0.1, 0.15) is 17.5 Å². The fourth-order valence-electron chi connectivity index (χ4n) is 7.36. The average Bonchev–Trinajstić information content (AvgIpc) is 3.60.